The Balaban J connectivity index is 1.77. The van der Waals surface area contributed by atoms with E-state index in [0.717, 1.165) is 12.2 Å². The topological polar surface area (TPSA) is 80.5 Å². The number of pyridine rings is 1. The Morgan fingerprint density at radius 3 is 3.00 bits per heavy atom. The van der Waals surface area contributed by atoms with Gasteiger partial charge in [0.05, 0.1) is 23.5 Å². The molecule has 2 saturated heterocycles. The zero-order valence-electron chi connectivity index (χ0n) is 9.65. The van der Waals surface area contributed by atoms with Gasteiger partial charge in [-0.3, -0.25) is 4.98 Å². The Labute approximate surface area is 104 Å². The van der Waals surface area contributed by atoms with E-state index >= 15 is 0 Å². The van der Waals surface area contributed by atoms with Crippen molar-refractivity contribution in [2.75, 3.05) is 24.5 Å². The summed E-state index contributed by atoms with van der Waals surface area (Å²) in [5.41, 5.74) is 1.44. The fraction of sp³-hybridized carbons (Fsp3) is 0.417. The van der Waals surface area contributed by atoms with E-state index in [0.29, 0.717) is 24.6 Å². The lowest BCUT2D eigenvalue weighted by molar-refractivity contribution is 0.155. The molecule has 1 N–H and O–H groups in total. The molecule has 0 aliphatic carbocycles. The number of likely N-dealkylation sites (tertiary alicyclic amines) is 1. The third-order valence-electron chi connectivity index (χ3n) is 3.69. The lowest BCUT2D eigenvalue weighted by atomic mass is 9.91. The molecule has 6 nitrogen and oxygen atoms in total. The fourth-order valence-corrected chi connectivity index (χ4v) is 2.74. The summed E-state index contributed by atoms with van der Waals surface area (Å²) >= 11 is 0. The number of fused-ring (bicyclic) bond motifs is 1. The quantitative estimate of drug-likeness (QED) is 0.788. The maximum Gasteiger partial charge on any atom is 0.407 e. The van der Waals surface area contributed by atoms with Crippen LogP contribution in [-0.4, -0.2) is 46.8 Å². The van der Waals surface area contributed by atoms with Gasteiger partial charge < -0.3 is 14.9 Å². The van der Waals surface area contributed by atoms with Gasteiger partial charge in [0.25, 0.3) is 0 Å². The maximum atomic E-state index is 10.9. The van der Waals surface area contributed by atoms with E-state index in [-0.39, 0.29) is 6.04 Å². The number of carboxylic acid groups (broad SMARTS) is 1. The summed E-state index contributed by atoms with van der Waals surface area (Å²) in [4.78, 5) is 18.5. The number of aromatic nitrogens is 1. The van der Waals surface area contributed by atoms with Crippen molar-refractivity contribution in [1.29, 1.82) is 5.26 Å². The highest BCUT2D eigenvalue weighted by molar-refractivity contribution is 5.66. The molecule has 1 aromatic rings. The smallest absolute Gasteiger partial charge is 0.407 e. The van der Waals surface area contributed by atoms with Crippen molar-refractivity contribution >= 4 is 11.8 Å². The monoisotopic (exact) mass is 244 g/mol. The van der Waals surface area contributed by atoms with Gasteiger partial charge in [0, 0.05) is 31.7 Å². The van der Waals surface area contributed by atoms with Gasteiger partial charge in [0.15, 0.2) is 0 Å². The zero-order valence-corrected chi connectivity index (χ0v) is 9.65. The van der Waals surface area contributed by atoms with Crippen molar-refractivity contribution < 1.29 is 9.90 Å². The van der Waals surface area contributed by atoms with Gasteiger partial charge in [-0.1, -0.05) is 0 Å². The Kier molecular flexibility index (Phi) is 2.33. The summed E-state index contributed by atoms with van der Waals surface area (Å²) in [6.07, 6.45) is 2.40. The van der Waals surface area contributed by atoms with Crippen LogP contribution >= 0.6 is 0 Å². The molecular formula is C12H12N4O2. The van der Waals surface area contributed by atoms with Gasteiger partial charge in [-0.05, 0) is 6.07 Å². The van der Waals surface area contributed by atoms with E-state index in [2.05, 4.69) is 16.0 Å². The predicted molar refractivity (Wildman–Crippen MR) is 63.2 cm³/mol. The summed E-state index contributed by atoms with van der Waals surface area (Å²) in [5, 5.41) is 17.8. The van der Waals surface area contributed by atoms with Crippen molar-refractivity contribution in [3.63, 3.8) is 0 Å². The SMILES string of the molecule is N#Cc1cncc(N2C[C@H]3CN(C(=O)O)C[C@H]32)c1. The van der Waals surface area contributed by atoms with E-state index in [4.69, 9.17) is 10.4 Å². The molecule has 1 aromatic heterocycles. The minimum Gasteiger partial charge on any atom is -0.465 e. The van der Waals surface area contributed by atoms with Gasteiger partial charge in [0.2, 0.25) is 0 Å². The normalized spacial score (nSPS) is 25.3. The van der Waals surface area contributed by atoms with Crippen LogP contribution in [0.2, 0.25) is 0 Å². The first-order chi connectivity index (χ1) is 8.69. The Hall–Kier alpha value is -2.29. The molecule has 0 saturated carbocycles. The van der Waals surface area contributed by atoms with Gasteiger partial charge in [-0.25, -0.2) is 4.79 Å². The fourth-order valence-electron chi connectivity index (χ4n) is 2.74. The summed E-state index contributed by atoms with van der Waals surface area (Å²) in [6, 6.07) is 4.09. The molecule has 3 rings (SSSR count). The molecule has 2 aliphatic rings. The lowest BCUT2D eigenvalue weighted by Gasteiger charge is -2.45. The van der Waals surface area contributed by atoms with Crippen LogP contribution in [0.15, 0.2) is 18.5 Å². The second-order valence-corrected chi connectivity index (χ2v) is 4.71. The molecule has 1 amide bonds. The molecule has 6 heteroatoms. The van der Waals surface area contributed by atoms with Crippen molar-refractivity contribution in [3.8, 4) is 6.07 Å². The number of rotatable bonds is 1. The van der Waals surface area contributed by atoms with Crippen molar-refractivity contribution in [2.24, 2.45) is 5.92 Å². The summed E-state index contributed by atoms with van der Waals surface area (Å²) in [5.74, 6) is 0.409. The highest BCUT2D eigenvalue weighted by Crippen LogP contribution is 2.36. The number of hydrogen-bond acceptors (Lipinski definition) is 4. The largest absolute Gasteiger partial charge is 0.465 e. The number of nitrogens with zero attached hydrogens (tertiary/aromatic N) is 4. The third-order valence-corrected chi connectivity index (χ3v) is 3.69. The molecular weight excluding hydrogens is 232 g/mol. The van der Waals surface area contributed by atoms with Crippen LogP contribution in [0, 0.1) is 17.2 Å². The number of carbonyl (C=O) groups is 1. The van der Waals surface area contributed by atoms with Crippen LogP contribution < -0.4 is 4.90 Å². The molecule has 18 heavy (non-hydrogen) atoms. The Morgan fingerprint density at radius 1 is 1.44 bits per heavy atom. The highest BCUT2D eigenvalue weighted by atomic mass is 16.4. The molecule has 2 aliphatic heterocycles. The average molecular weight is 244 g/mol. The first kappa shape index (κ1) is 10.8. The molecule has 0 aromatic carbocycles. The minimum absolute atomic E-state index is 0.233. The van der Waals surface area contributed by atoms with Crippen LogP contribution in [-0.2, 0) is 0 Å². The van der Waals surface area contributed by atoms with Crippen LogP contribution in [0.4, 0.5) is 10.5 Å². The first-order valence-corrected chi connectivity index (χ1v) is 5.78. The average Bonchev–Trinajstić information content (AvgIpc) is 2.68. The number of amides is 1. The second kappa shape index (κ2) is 3.88. The van der Waals surface area contributed by atoms with Crippen LogP contribution in [0.25, 0.3) is 0 Å². The molecule has 0 spiro atoms. The number of nitriles is 1. The standard InChI is InChI=1S/C12H12N4O2/c13-2-8-1-10(4-14-3-8)16-6-9-5-15(12(17)18)7-11(9)16/h1,3-4,9,11H,5-7H2,(H,17,18)/t9-,11-/m1/s1. The molecule has 3 heterocycles. The summed E-state index contributed by atoms with van der Waals surface area (Å²) in [7, 11) is 0. The van der Waals surface area contributed by atoms with E-state index in [1.807, 2.05) is 0 Å². The third kappa shape index (κ3) is 1.56. The van der Waals surface area contributed by atoms with Gasteiger partial charge >= 0.3 is 6.09 Å². The van der Waals surface area contributed by atoms with Crippen molar-refractivity contribution in [3.05, 3.63) is 24.0 Å². The predicted octanol–water partition coefficient (Wildman–Crippen LogP) is 0.752. The molecule has 0 unspecified atom stereocenters. The summed E-state index contributed by atoms with van der Waals surface area (Å²) < 4.78 is 0. The highest BCUT2D eigenvalue weighted by Gasteiger charge is 2.47. The van der Waals surface area contributed by atoms with Crippen molar-refractivity contribution in [2.45, 2.75) is 6.04 Å². The lowest BCUT2D eigenvalue weighted by Crippen LogP contribution is -2.55. The van der Waals surface area contributed by atoms with Gasteiger partial charge in [-0.15, -0.1) is 0 Å². The number of hydrogen-bond donors (Lipinski definition) is 1. The molecule has 2 atom stereocenters. The maximum absolute atomic E-state index is 10.9. The zero-order chi connectivity index (χ0) is 12.7. The van der Waals surface area contributed by atoms with Crippen LogP contribution in [0.1, 0.15) is 5.56 Å². The van der Waals surface area contributed by atoms with Crippen molar-refractivity contribution in [1.82, 2.24) is 9.88 Å². The van der Waals surface area contributed by atoms with Gasteiger partial charge in [0.1, 0.15) is 6.07 Å². The number of anilines is 1. The molecule has 0 radical (unpaired) electrons. The second-order valence-electron chi connectivity index (χ2n) is 4.71. The Morgan fingerprint density at radius 2 is 2.28 bits per heavy atom. The Bertz CT molecular complexity index is 539. The van der Waals surface area contributed by atoms with E-state index < -0.39 is 6.09 Å². The summed E-state index contributed by atoms with van der Waals surface area (Å²) in [6.45, 7) is 1.99. The van der Waals surface area contributed by atoms with E-state index in [9.17, 15) is 4.79 Å². The van der Waals surface area contributed by atoms with E-state index in [1.165, 1.54) is 11.1 Å². The molecule has 92 valence electrons. The van der Waals surface area contributed by atoms with Crippen LogP contribution in [0.5, 0.6) is 0 Å². The van der Waals surface area contributed by atoms with Crippen LogP contribution in [0.3, 0.4) is 0 Å². The minimum atomic E-state index is -0.853. The van der Waals surface area contributed by atoms with E-state index in [1.54, 1.807) is 12.3 Å². The first-order valence-electron chi connectivity index (χ1n) is 5.78. The molecule has 2 fully saturated rings. The van der Waals surface area contributed by atoms with Gasteiger partial charge in [-0.2, -0.15) is 5.26 Å². The molecule has 0 bridgehead atoms.